The number of thiophene rings is 1. The Balaban J connectivity index is 1.41. The highest BCUT2D eigenvalue weighted by Crippen LogP contribution is 2.21. The Hall–Kier alpha value is -2.67. The average molecular weight is 355 g/mol. The molecule has 0 saturated heterocycles. The maximum Gasteiger partial charge on any atom is 0.437 e. The van der Waals surface area contributed by atoms with Crippen molar-refractivity contribution in [1.29, 1.82) is 0 Å². The lowest BCUT2D eigenvalue weighted by molar-refractivity contribution is -0.132. The minimum atomic E-state index is -0.528. The second-order valence-electron chi connectivity index (χ2n) is 5.96. The summed E-state index contributed by atoms with van der Waals surface area (Å²) < 4.78 is 6.39. The van der Waals surface area contributed by atoms with Crippen molar-refractivity contribution in [3.8, 4) is 10.8 Å². The maximum absolute atomic E-state index is 12.5. The van der Waals surface area contributed by atoms with Crippen molar-refractivity contribution in [3.63, 3.8) is 0 Å². The molecule has 0 fully saturated rings. The van der Waals surface area contributed by atoms with Crippen LogP contribution in [0.4, 0.5) is 0 Å². The van der Waals surface area contributed by atoms with E-state index >= 15 is 0 Å². The third-order valence-corrected chi connectivity index (χ3v) is 5.22. The Morgan fingerprint density at radius 1 is 1.20 bits per heavy atom. The minimum Gasteiger partial charge on any atom is -0.387 e. The van der Waals surface area contributed by atoms with Gasteiger partial charge >= 0.3 is 5.76 Å². The molecule has 4 rings (SSSR count). The molecular weight excluding hydrogens is 338 g/mol. The predicted molar refractivity (Wildman–Crippen MR) is 94.3 cm³/mol. The van der Waals surface area contributed by atoms with Gasteiger partial charge in [-0.3, -0.25) is 4.79 Å². The van der Waals surface area contributed by atoms with Crippen LogP contribution in [0.1, 0.15) is 17.5 Å². The van der Waals surface area contributed by atoms with Gasteiger partial charge in [-0.15, -0.1) is 16.4 Å². The molecule has 0 unspecified atom stereocenters. The van der Waals surface area contributed by atoms with Gasteiger partial charge in [-0.25, -0.2) is 4.79 Å². The zero-order chi connectivity index (χ0) is 17.2. The van der Waals surface area contributed by atoms with Gasteiger partial charge in [0.05, 0.1) is 11.4 Å². The number of fused-ring (bicyclic) bond motifs is 1. The first-order chi connectivity index (χ1) is 12.2. The fraction of sp³-hybridized carbons (Fsp3) is 0.278. The van der Waals surface area contributed by atoms with Gasteiger partial charge in [0.15, 0.2) is 0 Å². The Labute approximate surface area is 148 Å². The molecule has 0 saturated carbocycles. The second kappa shape index (κ2) is 6.68. The normalized spacial score (nSPS) is 13.7. The van der Waals surface area contributed by atoms with Crippen molar-refractivity contribution in [2.45, 2.75) is 25.9 Å². The topological polar surface area (TPSA) is 68.3 Å². The lowest BCUT2D eigenvalue weighted by Gasteiger charge is -2.28. The Kier molecular flexibility index (Phi) is 4.23. The number of carbonyl (C=O) groups excluding carboxylic acids is 1. The molecule has 2 aromatic heterocycles. The Bertz CT molecular complexity index is 943. The summed E-state index contributed by atoms with van der Waals surface area (Å²) in [6.07, 6.45) is 1.10. The van der Waals surface area contributed by atoms with E-state index in [2.05, 4.69) is 17.2 Å². The molecule has 3 aromatic rings. The number of carbonyl (C=O) groups is 1. The molecule has 0 bridgehead atoms. The molecule has 1 aromatic carbocycles. The van der Waals surface area contributed by atoms with Gasteiger partial charge in [0.2, 0.25) is 5.91 Å². The monoisotopic (exact) mass is 355 g/mol. The van der Waals surface area contributed by atoms with Crippen LogP contribution in [0.5, 0.6) is 0 Å². The fourth-order valence-electron chi connectivity index (χ4n) is 3.02. The smallest absolute Gasteiger partial charge is 0.387 e. The first-order valence-corrected chi connectivity index (χ1v) is 9.05. The summed E-state index contributed by atoms with van der Waals surface area (Å²) >= 11 is 1.46. The number of aromatic nitrogens is 2. The highest BCUT2D eigenvalue weighted by atomic mass is 32.1. The molecule has 7 heteroatoms. The third-order valence-electron chi connectivity index (χ3n) is 4.36. The van der Waals surface area contributed by atoms with E-state index in [1.165, 1.54) is 27.1 Å². The van der Waals surface area contributed by atoms with Crippen molar-refractivity contribution in [2.24, 2.45) is 0 Å². The van der Waals surface area contributed by atoms with Crippen LogP contribution in [-0.4, -0.2) is 27.1 Å². The van der Waals surface area contributed by atoms with Crippen molar-refractivity contribution < 1.29 is 9.21 Å². The third kappa shape index (κ3) is 3.28. The molecule has 0 radical (unpaired) electrons. The fourth-order valence-corrected chi connectivity index (χ4v) is 3.66. The van der Waals surface area contributed by atoms with Crippen molar-refractivity contribution in [3.05, 3.63) is 63.5 Å². The number of nitrogens with zero attached hydrogens (tertiary/aromatic N) is 3. The summed E-state index contributed by atoms with van der Waals surface area (Å²) in [5.74, 6) is -0.193. The van der Waals surface area contributed by atoms with Crippen LogP contribution in [0.25, 0.3) is 10.8 Å². The van der Waals surface area contributed by atoms with Gasteiger partial charge in [-0.1, -0.05) is 30.3 Å². The van der Waals surface area contributed by atoms with Crippen molar-refractivity contribution in [2.75, 3.05) is 6.54 Å². The number of amides is 1. The van der Waals surface area contributed by atoms with E-state index in [1.54, 1.807) is 0 Å². The van der Waals surface area contributed by atoms with Crippen LogP contribution in [0, 0.1) is 0 Å². The van der Waals surface area contributed by atoms with E-state index in [4.69, 9.17) is 4.42 Å². The molecule has 0 N–H and O–H groups in total. The number of aryl methyl sites for hydroxylation is 1. The standard InChI is InChI=1S/C18H17N3O3S/c22-16(20-9-7-13-4-1-2-5-14(13)12-20)8-10-21-18(23)24-17(19-21)15-6-3-11-25-15/h1-6,11H,7-10,12H2. The summed E-state index contributed by atoms with van der Waals surface area (Å²) in [6, 6.07) is 11.9. The van der Waals surface area contributed by atoms with Gasteiger partial charge in [0.1, 0.15) is 0 Å². The van der Waals surface area contributed by atoms with E-state index in [-0.39, 0.29) is 18.9 Å². The van der Waals surface area contributed by atoms with Gasteiger partial charge in [0, 0.05) is 19.5 Å². The van der Waals surface area contributed by atoms with Gasteiger partial charge < -0.3 is 9.32 Å². The first-order valence-electron chi connectivity index (χ1n) is 8.17. The van der Waals surface area contributed by atoms with Crippen LogP contribution in [0.3, 0.4) is 0 Å². The van der Waals surface area contributed by atoms with E-state index in [0.29, 0.717) is 19.0 Å². The lowest BCUT2D eigenvalue weighted by atomic mass is 10.00. The van der Waals surface area contributed by atoms with E-state index in [1.807, 2.05) is 34.5 Å². The Morgan fingerprint density at radius 2 is 2.04 bits per heavy atom. The Morgan fingerprint density at radius 3 is 2.84 bits per heavy atom. The molecule has 6 nitrogen and oxygen atoms in total. The van der Waals surface area contributed by atoms with Gasteiger partial charge in [0.25, 0.3) is 5.89 Å². The molecule has 1 aliphatic heterocycles. The molecule has 1 aliphatic rings. The van der Waals surface area contributed by atoms with E-state index < -0.39 is 5.76 Å². The van der Waals surface area contributed by atoms with Crippen molar-refractivity contribution >= 4 is 17.2 Å². The molecular formula is C18H17N3O3S. The molecule has 0 spiro atoms. The molecule has 25 heavy (non-hydrogen) atoms. The number of hydrogen-bond acceptors (Lipinski definition) is 5. The maximum atomic E-state index is 12.5. The lowest BCUT2D eigenvalue weighted by Crippen LogP contribution is -2.36. The summed E-state index contributed by atoms with van der Waals surface area (Å²) in [7, 11) is 0. The van der Waals surface area contributed by atoms with E-state index in [9.17, 15) is 9.59 Å². The molecule has 0 atom stereocenters. The van der Waals surface area contributed by atoms with Crippen LogP contribution in [0.15, 0.2) is 51.0 Å². The van der Waals surface area contributed by atoms with Crippen LogP contribution in [0.2, 0.25) is 0 Å². The van der Waals surface area contributed by atoms with Crippen molar-refractivity contribution in [1.82, 2.24) is 14.7 Å². The predicted octanol–water partition coefficient (Wildman–Crippen LogP) is 2.54. The minimum absolute atomic E-state index is 0.0297. The SMILES string of the molecule is O=C(CCn1nc(-c2cccs2)oc1=O)N1CCc2ccccc2C1. The quantitative estimate of drug-likeness (QED) is 0.721. The summed E-state index contributed by atoms with van der Waals surface area (Å²) in [4.78, 5) is 27.0. The summed E-state index contributed by atoms with van der Waals surface area (Å²) in [5.41, 5.74) is 2.50. The first kappa shape index (κ1) is 15.8. The number of benzene rings is 1. The summed E-state index contributed by atoms with van der Waals surface area (Å²) in [6.45, 7) is 1.57. The number of hydrogen-bond donors (Lipinski definition) is 0. The van der Waals surface area contributed by atoms with Crippen LogP contribution < -0.4 is 5.76 Å². The zero-order valence-corrected chi connectivity index (χ0v) is 14.4. The zero-order valence-electron chi connectivity index (χ0n) is 13.6. The van der Waals surface area contributed by atoms with Crippen LogP contribution in [-0.2, 0) is 24.3 Å². The van der Waals surface area contributed by atoms with Gasteiger partial charge in [-0.05, 0) is 29.0 Å². The molecule has 128 valence electrons. The largest absolute Gasteiger partial charge is 0.437 e. The molecule has 1 amide bonds. The highest BCUT2D eigenvalue weighted by molar-refractivity contribution is 7.13. The van der Waals surface area contributed by atoms with Crippen LogP contribution >= 0.6 is 11.3 Å². The van der Waals surface area contributed by atoms with E-state index in [0.717, 1.165) is 11.3 Å². The van der Waals surface area contributed by atoms with Gasteiger partial charge in [-0.2, -0.15) is 4.68 Å². The highest BCUT2D eigenvalue weighted by Gasteiger charge is 2.21. The molecule has 3 heterocycles. The molecule has 0 aliphatic carbocycles. The number of rotatable bonds is 4. The second-order valence-corrected chi connectivity index (χ2v) is 6.91. The summed E-state index contributed by atoms with van der Waals surface area (Å²) in [5, 5.41) is 6.08. The average Bonchev–Trinajstić information content (AvgIpc) is 3.29.